The fraction of sp³-hybridized carbons (Fsp3) is 0.364. The first-order valence-electron chi connectivity index (χ1n) is 4.83. The molecule has 2 rings (SSSR count). The quantitative estimate of drug-likeness (QED) is 0.680. The molecular formula is C11H13NO2. The van der Waals surface area contributed by atoms with E-state index in [1.54, 1.807) is 4.90 Å². The van der Waals surface area contributed by atoms with Crippen molar-refractivity contribution in [3.63, 3.8) is 0 Å². The third kappa shape index (κ3) is 1.87. The number of para-hydroxylation sites is 1. The molecule has 1 heterocycles. The average Bonchev–Trinajstić information content (AvgIpc) is 2.67. The van der Waals surface area contributed by atoms with Crippen LogP contribution >= 0.6 is 0 Å². The third-order valence-corrected chi connectivity index (χ3v) is 2.39. The molecule has 3 heteroatoms. The number of amides is 1. The number of benzene rings is 1. The first-order chi connectivity index (χ1) is 6.90. The lowest BCUT2D eigenvalue weighted by atomic mass is 10.3. The van der Waals surface area contributed by atoms with Crippen LogP contribution in [0.1, 0.15) is 12.8 Å². The molecule has 1 saturated heterocycles. The van der Waals surface area contributed by atoms with E-state index in [0.717, 1.165) is 31.5 Å². The summed E-state index contributed by atoms with van der Waals surface area (Å²) in [5.74, 6) is 0.825. The Hall–Kier alpha value is -1.51. The molecule has 1 fully saturated rings. The molecule has 0 aliphatic carbocycles. The molecule has 0 spiro atoms. The molecule has 74 valence electrons. The lowest BCUT2D eigenvalue weighted by Crippen LogP contribution is -2.32. The summed E-state index contributed by atoms with van der Waals surface area (Å²) in [7, 11) is 0. The van der Waals surface area contributed by atoms with E-state index < -0.39 is 0 Å². The predicted octanol–water partition coefficient (Wildman–Crippen LogP) is 1.64. The minimum absolute atomic E-state index is 0.0742. The Kier molecular flexibility index (Phi) is 2.68. The lowest BCUT2D eigenvalue weighted by molar-refractivity contribution is -0.123. The van der Waals surface area contributed by atoms with Crippen LogP contribution in [0.25, 0.3) is 0 Å². The maximum atomic E-state index is 10.7. The molecule has 1 unspecified atom stereocenters. The fourth-order valence-electron chi connectivity index (χ4n) is 1.66. The van der Waals surface area contributed by atoms with Gasteiger partial charge in [-0.2, -0.15) is 0 Å². The topological polar surface area (TPSA) is 29.5 Å². The number of hydrogen-bond donors (Lipinski definition) is 0. The maximum Gasteiger partial charge on any atom is 0.212 e. The van der Waals surface area contributed by atoms with E-state index in [-0.39, 0.29) is 6.23 Å². The van der Waals surface area contributed by atoms with Gasteiger partial charge < -0.3 is 9.64 Å². The van der Waals surface area contributed by atoms with Crippen molar-refractivity contribution in [2.24, 2.45) is 0 Å². The summed E-state index contributed by atoms with van der Waals surface area (Å²) in [6, 6.07) is 9.60. The summed E-state index contributed by atoms with van der Waals surface area (Å²) >= 11 is 0. The molecule has 1 aliphatic heterocycles. The van der Waals surface area contributed by atoms with Crippen molar-refractivity contribution < 1.29 is 9.53 Å². The Bertz CT molecular complexity index is 299. The van der Waals surface area contributed by atoms with E-state index in [4.69, 9.17) is 4.74 Å². The van der Waals surface area contributed by atoms with Crippen LogP contribution in [0.3, 0.4) is 0 Å². The Balaban J connectivity index is 2.00. The van der Waals surface area contributed by atoms with E-state index in [1.807, 2.05) is 30.3 Å². The minimum Gasteiger partial charge on any atom is -0.470 e. The summed E-state index contributed by atoms with van der Waals surface area (Å²) in [6.07, 6.45) is 2.74. The van der Waals surface area contributed by atoms with Crippen LogP contribution in [0.4, 0.5) is 0 Å². The van der Waals surface area contributed by atoms with Crippen molar-refractivity contribution in [1.29, 1.82) is 0 Å². The van der Waals surface area contributed by atoms with Gasteiger partial charge in [0.1, 0.15) is 5.75 Å². The minimum atomic E-state index is -0.0742. The second-order valence-electron chi connectivity index (χ2n) is 3.37. The summed E-state index contributed by atoms with van der Waals surface area (Å²) in [5, 5.41) is 0. The highest BCUT2D eigenvalue weighted by Gasteiger charge is 2.24. The Labute approximate surface area is 83.3 Å². The molecule has 1 aromatic carbocycles. The van der Waals surface area contributed by atoms with Crippen LogP contribution in [0.15, 0.2) is 30.3 Å². The molecule has 1 aliphatic rings. The summed E-state index contributed by atoms with van der Waals surface area (Å²) in [6.45, 7) is 0.807. The zero-order valence-corrected chi connectivity index (χ0v) is 7.93. The van der Waals surface area contributed by atoms with Gasteiger partial charge in [0.25, 0.3) is 0 Å². The van der Waals surface area contributed by atoms with Gasteiger partial charge in [0, 0.05) is 13.0 Å². The van der Waals surface area contributed by atoms with Gasteiger partial charge in [-0.15, -0.1) is 0 Å². The van der Waals surface area contributed by atoms with Gasteiger partial charge in [0.05, 0.1) is 0 Å². The number of rotatable bonds is 3. The second-order valence-corrected chi connectivity index (χ2v) is 3.37. The van der Waals surface area contributed by atoms with Crippen LogP contribution in [0, 0.1) is 0 Å². The number of likely N-dealkylation sites (tertiary alicyclic amines) is 1. The Morgan fingerprint density at radius 2 is 2.14 bits per heavy atom. The van der Waals surface area contributed by atoms with Crippen molar-refractivity contribution in [1.82, 2.24) is 4.90 Å². The van der Waals surface area contributed by atoms with Gasteiger partial charge in [0.15, 0.2) is 6.23 Å². The number of carbonyl (C=O) groups excluding carboxylic acids is 1. The van der Waals surface area contributed by atoms with E-state index in [2.05, 4.69) is 0 Å². The van der Waals surface area contributed by atoms with Gasteiger partial charge in [0.2, 0.25) is 6.41 Å². The van der Waals surface area contributed by atoms with Gasteiger partial charge in [-0.3, -0.25) is 4.79 Å². The highest BCUT2D eigenvalue weighted by atomic mass is 16.5. The van der Waals surface area contributed by atoms with E-state index in [9.17, 15) is 4.79 Å². The van der Waals surface area contributed by atoms with Crippen molar-refractivity contribution >= 4 is 6.41 Å². The number of ether oxygens (including phenoxy) is 1. The van der Waals surface area contributed by atoms with E-state index >= 15 is 0 Å². The average molecular weight is 191 g/mol. The summed E-state index contributed by atoms with van der Waals surface area (Å²) in [5.41, 5.74) is 0. The Morgan fingerprint density at radius 3 is 2.86 bits per heavy atom. The molecule has 0 bridgehead atoms. The van der Waals surface area contributed by atoms with Gasteiger partial charge in [-0.1, -0.05) is 18.2 Å². The van der Waals surface area contributed by atoms with Crippen LogP contribution in [-0.2, 0) is 4.79 Å². The molecule has 1 amide bonds. The lowest BCUT2D eigenvalue weighted by Gasteiger charge is -2.20. The fourth-order valence-corrected chi connectivity index (χ4v) is 1.66. The summed E-state index contributed by atoms with van der Waals surface area (Å²) in [4.78, 5) is 12.4. The first-order valence-corrected chi connectivity index (χ1v) is 4.83. The smallest absolute Gasteiger partial charge is 0.212 e. The van der Waals surface area contributed by atoms with Crippen LogP contribution < -0.4 is 4.74 Å². The second kappa shape index (κ2) is 4.13. The van der Waals surface area contributed by atoms with Crippen molar-refractivity contribution in [2.75, 3.05) is 6.54 Å². The maximum absolute atomic E-state index is 10.7. The van der Waals surface area contributed by atoms with Gasteiger partial charge in [-0.25, -0.2) is 0 Å². The molecule has 1 atom stereocenters. The number of nitrogens with zero attached hydrogens (tertiary/aromatic N) is 1. The highest BCUT2D eigenvalue weighted by Crippen LogP contribution is 2.20. The monoisotopic (exact) mass is 191 g/mol. The number of hydrogen-bond acceptors (Lipinski definition) is 2. The van der Waals surface area contributed by atoms with E-state index in [0.29, 0.717) is 0 Å². The first kappa shape index (κ1) is 9.06. The van der Waals surface area contributed by atoms with E-state index in [1.165, 1.54) is 0 Å². The zero-order chi connectivity index (χ0) is 9.80. The number of carbonyl (C=O) groups is 1. The molecule has 3 nitrogen and oxygen atoms in total. The predicted molar refractivity (Wildman–Crippen MR) is 52.9 cm³/mol. The molecule has 14 heavy (non-hydrogen) atoms. The van der Waals surface area contributed by atoms with Crippen molar-refractivity contribution in [3.05, 3.63) is 30.3 Å². The van der Waals surface area contributed by atoms with Crippen molar-refractivity contribution in [3.8, 4) is 5.75 Å². The Morgan fingerprint density at radius 1 is 1.36 bits per heavy atom. The summed E-state index contributed by atoms with van der Waals surface area (Å²) < 4.78 is 5.67. The van der Waals surface area contributed by atoms with Gasteiger partial charge in [-0.05, 0) is 18.6 Å². The largest absolute Gasteiger partial charge is 0.470 e. The third-order valence-electron chi connectivity index (χ3n) is 2.39. The van der Waals surface area contributed by atoms with Crippen molar-refractivity contribution in [2.45, 2.75) is 19.1 Å². The van der Waals surface area contributed by atoms with Gasteiger partial charge >= 0.3 is 0 Å². The SMILES string of the molecule is O=CN1CCCC1Oc1ccccc1. The highest BCUT2D eigenvalue weighted by molar-refractivity contribution is 5.48. The molecule has 0 radical (unpaired) electrons. The van der Waals surface area contributed by atoms with Crippen LogP contribution in [0.5, 0.6) is 5.75 Å². The molecule has 1 aromatic rings. The standard InChI is InChI=1S/C11H13NO2/c13-9-12-8-4-7-11(12)14-10-5-2-1-3-6-10/h1-3,5-6,9,11H,4,7-8H2. The molecule has 0 saturated carbocycles. The zero-order valence-electron chi connectivity index (χ0n) is 7.93. The molecule has 0 N–H and O–H groups in total. The van der Waals surface area contributed by atoms with Crippen LogP contribution in [0.2, 0.25) is 0 Å². The normalized spacial score (nSPS) is 20.9. The van der Waals surface area contributed by atoms with Crippen LogP contribution in [-0.4, -0.2) is 24.1 Å². The molecule has 0 aromatic heterocycles. The molecular weight excluding hydrogens is 178 g/mol.